The lowest BCUT2D eigenvalue weighted by Crippen LogP contribution is -2.38. The molecule has 6 nitrogen and oxygen atoms in total. The van der Waals surface area contributed by atoms with Gasteiger partial charge in [-0.3, -0.25) is 19.7 Å². The van der Waals surface area contributed by atoms with E-state index in [0.29, 0.717) is 0 Å². The van der Waals surface area contributed by atoms with Crippen LogP contribution in [0.1, 0.15) is 18.4 Å². The van der Waals surface area contributed by atoms with Crippen molar-refractivity contribution in [2.24, 2.45) is 23.7 Å². The second-order valence-corrected chi connectivity index (χ2v) is 6.60. The number of aryl methyl sites for hydroxylation is 1. The molecule has 1 aliphatic heterocycles. The van der Waals surface area contributed by atoms with E-state index in [2.05, 4.69) is 0 Å². The van der Waals surface area contributed by atoms with Gasteiger partial charge in [0, 0.05) is 6.07 Å². The zero-order chi connectivity index (χ0) is 16.3. The van der Waals surface area contributed by atoms with Crippen molar-refractivity contribution < 1.29 is 14.5 Å². The molecule has 1 aromatic carbocycles. The maximum absolute atomic E-state index is 12.8. The molecule has 23 heavy (non-hydrogen) atoms. The van der Waals surface area contributed by atoms with Crippen LogP contribution in [0.2, 0.25) is 0 Å². The topological polar surface area (TPSA) is 80.5 Å². The number of hydrogen-bond donors (Lipinski definition) is 0. The van der Waals surface area contributed by atoms with Gasteiger partial charge in [0.25, 0.3) is 5.69 Å². The number of nitro groups is 1. The van der Waals surface area contributed by atoms with Crippen LogP contribution in [0, 0.1) is 40.7 Å². The van der Waals surface area contributed by atoms with E-state index in [0.717, 1.165) is 23.3 Å². The van der Waals surface area contributed by atoms with Gasteiger partial charge in [-0.25, -0.2) is 4.90 Å². The lowest BCUT2D eigenvalue weighted by atomic mass is 9.63. The highest BCUT2D eigenvalue weighted by Gasteiger charge is 2.57. The number of hydrogen-bond acceptors (Lipinski definition) is 4. The molecule has 4 atom stereocenters. The van der Waals surface area contributed by atoms with Crippen molar-refractivity contribution in [1.82, 2.24) is 0 Å². The van der Waals surface area contributed by atoms with Crippen LogP contribution in [0.3, 0.4) is 0 Å². The standard InChI is InChI=1S/C17H16N2O4/c1-9-2-7-12(13(8-9)19(22)23)18-16(20)14-10-3-4-11(6-5-10)15(14)17(18)21/h2-4,7-8,10-11,14-15H,5-6H2,1H3/t10-,11+,14-,15-/m0/s1. The first-order chi connectivity index (χ1) is 11.0. The number of nitro benzene ring substituents is 1. The minimum absolute atomic E-state index is 0.0796. The van der Waals surface area contributed by atoms with E-state index >= 15 is 0 Å². The minimum atomic E-state index is -0.530. The summed E-state index contributed by atoms with van der Waals surface area (Å²) < 4.78 is 0. The molecule has 3 aliphatic carbocycles. The maximum atomic E-state index is 12.8. The van der Waals surface area contributed by atoms with Gasteiger partial charge in [0.2, 0.25) is 11.8 Å². The Bertz CT molecular complexity index is 738. The third-order valence-corrected chi connectivity index (χ3v) is 5.33. The fourth-order valence-corrected chi connectivity index (χ4v) is 4.28. The van der Waals surface area contributed by atoms with Gasteiger partial charge in [-0.2, -0.15) is 0 Å². The number of imide groups is 1. The van der Waals surface area contributed by atoms with Crippen molar-refractivity contribution in [2.75, 3.05) is 4.90 Å². The fraction of sp³-hybridized carbons (Fsp3) is 0.412. The van der Waals surface area contributed by atoms with E-state index < -0.39 is 4.92 Å². The summed E-state index contributed by atoms with van der Waals surface area (Å²) in [5, 5.41) is 11.3. The van der Waals surface area contributed by atoms with E-state index in [1.165, 1.54) is 12.1 Å². The predicted octanol–water partition coefficient (Wildman–Crippen LogP) is 2.60. The summed E-state index contributed by atoms with van der Waals surface area (Å²) in [6, 6.07) is 4.61. The van der Waals surface area contributed by atoms with Crippen molar-refractivity contribution in [2.45, 2.75) is 19.8 Å². The lowest BCUT2D eigenvalue weighted by Gasteiger charge is -2.38. The average Bonchev–Trinajstić information content (AvgIpc) is 2.82. The molecule has 0 N–H and O–H groups in total. The average molecular weight is 312 g/mol. The quantitative estimate of drug-likeness (QED) is 0.364. The molecule has 4 aliphatic rings. The Morgan fingerprint density at radius 1 is 1.09 bits per heavy atom. The number of carbonyl (C=O) groups is 2. The Morgan fingerprint density at radius 2 is 1.65 bits per heavy atom. The van der Waals surface area contributed by atoms with Crippen LogP contribution < -0.4 is 4.90 Å². The molecule has 0 aromatic heterocycles. The predicted molar refractivity (Wildman–Crippen MR) is 82.7 cm³/mol. The molecule has 1 heterocycles. The van der Waals surface area contributed by atoms with E-state index in [1.54, 1.807) is 13.0 Å². The summed E-state index contributed by atoms with van der Waals surface area (Å²) in [6.07, 6.45) is 5.89. The summed E-state index contributed by atoms with van der Waals surface area (Å²) >= 11 is 0. The Kier molecular flexibility index (Phi) is 2.91. The largest absolute Gasteiger partial charge is 0.293 e. The molecule has 0 radical (unpaired) electrons. The number of fused-ring (bicyclic) bond motifs is 1. The van der Waals surface area contributed by atoms with Crippen LogP contribution in [-0.2, 0) is 9.59 Å². The molecule has 6 heteroatoms. The smallest absolute Gasteiger partial charge is 0.274 e. The van der Waals surface area contributed by atoms with Crippen molar-refractivity contribution in [3.8, 4) is 0 Å². The van der Waals surface area contributed by atoms with Crippen molar-refractivity contribution in [3.05, 3.63) is 46.0 Å². The zero-order valence-corrected chi connectivity index (χ0v) is 12.6. The number of rotatable bonds is 2. The highest BCUT2D eigenvalue weighted by atomic mass is 16.6. The summed E-state index contributed by atoms with van der Waals surface area (Å²) in [7, 11) is 0. The van der Waals surface area contributed by atoms with Crippen LogP contribution >= 0.6 is 0 Å². The lowest BCUT2D eigenvalue weighted by molar-refractivity contribution is -0.384. The SMILES string of the molecule is Cc1ccc(N2C(=O)[C@@H]3[C@@H](C2=O)[C@H]2C=C[C@@H]3CC2)c([N+](=O)[O-])c1. The number of nitrogens with zero attached hydrogens (tertiary/aromatic N) is 2. The van der Waals surface area contributed by atoms with Crippen LogP contribution in [0.4, 0.5) is 11.4 Å². The zero-order valence-electron chi connectivity index (χ0n) is 12.6. The number of carbonyl (C=O) groups excluding carboxylic acids is 2. The highest BCUT2D eigenvalue weighted by Crippen LogP contribution is 2.51. The molecule has 0 spiro atoms. The van der Waals surface area contributed by atoms with Crippen LogP contribution in [0.5, 0.6) is 0 Å². The second-order valence-electron chi connectivity index (χ2n) is 6.60. The summed E-state index contributed by atoms with van der Waals surface area (Å²) in [6.45, 7) is 1.74. The van der Waals surface area contributed by atoms with Gasteiger partial charge in [0.05, 0.1) is 16.8 Å². The Morgan fingerprint density at radius 3 is 2.13 bits per heavy atom. The van der Waals surface area contributed by atoms with Crippen molar-refractivity contribution in [3.63, 3.8) is 0 Å². The molecule has 5 rings (SSSR count). The Balaban J connectivity index is 1.81. The van der Waals surface area contributed by atoms with Crippen LogP contribution in [0.25, 0.3) is 0 Å². The molecular formula is C17H16N2O4. The summed E-state index contributed by atoms with van der Waals surface area (Å²) in [4.78, 5) is 37.6. The minimum Gasteiger partial charge on any atom is -0.274 e. The van der Waals surface area contributed by atoms with Crippen molar-refractivity contribution >= 4 is 23.2 Å². The van der Waals surface area contributed by atoms with Gasteiger partial charge < -0.3 is 0 Å². The normalized spacial score (nSPS) is 31.6. The number of benzene rings is 1. The van der Waals surface area contributed by atoms with Gasteiger partial charge >= 0.3 is 0 Å². The first kappa shape index (κ1) is 14.1. The first-order valence-corrected chi connectivity index (χ1v) is 7.80. The Hall–Kier alpha value is -2.50. The van der Waals surface area contributed by atoms with Gasteiger partial charge in [-0.15, -0.1) is 0 Å². The van der Waals surface area contributed by atoms with E-state index in [-0.39, 0.29) is 46.9 Å². The molecule has 1 saturated heterocycles. The molecular weight excluding hydrogens is 296 g/mol. The molecule has 2 amide bonds. The van der Waals surface area contributed by atoms with Gasteiger partial charge in [-0.1, -0.05) is 18.2 Å². The van der Waals surface area contributed by atoms with Crippen molar-refractivity contribution in [1.29, 1.82) is 0 Å². The van der Waals surface area contributed by atoms with Gasteiger partial charge in [0.1, 0.15) is 5.69 Å². The van der Waals surface area contributed by atoms with E-state index in [1.807, 2.05) is 12.2 Å². The monoisotopic (exact) mass is 312 g/mol. The summed E-state index contributed by atoms with van der Waals surface area (Å²) in [5.74, 6) is -1.12. The van der Waals surface area contributed by atoms with Crippen LogP contribution in [-0.4, -0.2) is 16.7 Å². The third-order valence-electron chi connectivity index (χ3n) is 5.33. The molecule has 0 unspecified atom stereocenters. The molecule has 2 fully saturated rings. The number of amides is 2. The second kappa shape index (κ2) is 4.75. The number of anilines is 1. The van der Waals surface area contributed by atoms with E-state index in [9.17, 15) is 19.7 Å². The molecule has 118 valence electrons. The molecule has 1 aromatic rings. The van der Waals surface area contributed by atoms with Gasteiger partial charge in [0.15, 0.2) is 0 Å². The highest BCUT2D eigenvalue weighted by molar-refractivity contribution is 6.23. The molecule has 1 saturated carbocycles. The summed E-state index contributed by atoms with van der Waals surface area (Å²) in [5.41, 5.74) is 0.633. The van der Waals surface area contributed by atoms with E-state index in [4.69, 9.17) is 0 Å². The number of allylic oxidation sites excluding steroid dienone is 2. The fourth-order valence-electron chi connectivity index (χ4n) is 4.28. The maximum Gasteiger partial charge on any atom is 0.293 e. The van der Waals surface area contributed by atoms with Gasteiger partial charge in [-0.05, 0) is 43.2 Å². The molecule has 2 bridgehead atoms. The Labute approximate surface area is 132 Å². The third kappa shape index (κ3) is 1.87. The first-order valence-electron chi connectivity index (χ1n) is 7.80. The van der Waals surface area contributed by atoms with Crippen LogP contribution in [0.15, 0.2) is 30.4 Å².